The van der Waals surface area contributed by atoms with Gasteiger partial charge >= 0.3 is 5.97 Å². The summed E-state index contributed by atoms with van der Waals surface area (Å²) >= 11 is 0. The standard InChI is InChI=1S/C26H25F2NO3/c1-17(16-29-25(30)20-8-12-22(27)13-9-20)24(18(2)19-6-4-3-5-7-19)32-26(31)21-10-14-23(28)15-11-21/h3-15,17-18,24H,16H2,1-2H3,(H,29,30). The molecule has 0 bridgehead atoms. The number of rotatable bonds is 8. The summed E-state index contributed by atoms with van der Waals surface area (Å²) in [5.74, 6) is -2.15. The summed E-state index contributed by atoms with van der Waals surface area (Å²) in [6.45, 7) is 4.08. The molecule has 3 atom stereocenters. The molecule has 0 aliphatic carbocycles. The van der Waals surface area contributed by atoms with E-state index in [4.69, 9.17) is 4.74 Å². The van der Waals surface area contributed by atoms with Gasteiger partial charge in [-0.05, 0) is 54.1 Å². The van der Waals surface area contributed by atoms with Crippen LogP contribution in [0.4, 0.5) is 8.78 Å². The van der Waals surface area contributed by atoms with Crippen LogP contribution in [0, 0.1) is 17.6 Å². The first-order chi connectivity index (χ1) is 15.3. The van der Waals surface area contributed by atoms with Gasteiger partial charge in [0.25, 0.3) is 5.91 Å². The molecule has 32 heavy (non-hydrogen) atoms. The fourth-order valence-electron chi connectivity index (χ4n) is 3.51. The van der Waals surface area contributed by atoms with Crippen molar-refractivity contribution < 1.29 is 23.1 Å². The van der Waals surface area contributed by atoms with Crippen LogP contribution >= 0.6 is 0 Å². The molecule has 3 aromatic carbocycles. The Hall–Kier alpha value is -3.54. The maximum Gasteiger partial charge on any atom is 0.338 e. The normalized spacial score (nSPS) is 13.6. The lowest BCUT2D eigenvalue weighted by Crippen LogP contribution is -2.38. The number of benzene rings is 3. The van der Waals surface area contributed by atoms with Crippen molar-refractivity contribution in [1.29, 1.82) is 0 Å². The topological polar surface area (TPSA) is 55.4 Å². The summed E-state index contributed by atoms with van der Waals surface area (Å²) in [7, 11) is 0. The largest absolute Gasteiger partial charge is 0.458 e. The number of amides is 1. The van der Waals surface area contributed by atoms with E-state index in [-0.39, 0.29) is 29.9 Å². The van der Waals surface area contributed by atoms with Crippen LogP contribution in [0.3, 0.4) is 0 Å². The molecule has 4 nitrogen and oxygen atoms in total. The molecule has 1 amide bonds. The molecule has 0 spiro atoms. The summed E-state index contributed by atoms with van der Waals surface area (Å²) < 4.78 is 32.2. The Morgan fingerprint density at radius 3 is 1.91 bits per heavy atom. The first-order valence-corrected chi connectivity index (χ1v) is 10.4. The van der Waals surface area contributed by atoms with Crippen LogP contribution in [0.2, 0.25) is 0 Å². The van der Waals surface area contributed by atoms with Crippen LogP contribution in [0.5, 0.6) is 0 Å². The number of ether oxygens (including phenoxy) is 1. The first-order valence-electron chi connectivity index (χ1n) is 10.4. The molecule has 6 heteroatoms. The SMILES string of the molecule is CC(CNC(=O)c1ccc(F)cc1)C(OC(=O)c1ccc(F)cc1)C(C)c1ccccc1. The van der Waals surface area contributed by atoms with Crippen molar-refractivity contribution in [3.8, 4) is 0 Å². The molecule has 0 radical (unpaired) electrons. The minimum Gasteiger partial charge on any atom is -0.458 e. The number of esters is 1. The van der Waals surface area contributed by atoms with Crippen LogP contribution in [0.1, 0.15) is 46.0 Å². The van der Waals surface area contributed by atoms with Gasteiger partial charge in [-0.15, -0.1) is 0 Å². The van der Waals surface area contributed by atoms with Gasteiger partial charge in [-0.3, -0.25) is 4.79 Å². The molecule has 3 unspecified atom stereocenters. The van der Waals surface area contributed by atoms with Gasteiger partial charge in [0.15, 0.2) is 0 Å². The highest BCUT2D eigenvalue weighted by Gasteiger charge is 2.29. The zero-order valence-corrected chi connectivity index (χ0v) is 17.9. The first kappa shape index (κ1) is 23.1. The molecule has 0 saturated heterocycles. The van der Waals surface area contributed by atoms with Crippen molar-refractivity contribution >= 4 is 11.9 Å². The average molecular weight is 437 g/mol. The minimum absolute atomic E-state index is 0.154. The molecule has 0 aliphatic heterocycles. The number of carbonyl (C=O) groups excluding carboxylic acids is 2. The van der Waals surface area contributed by atoms with Crippen LogP contribution in [-0.2, 0) is 4.74 Å². The molecule has 3 rings (SSSR count). The summed E-state index contributed by atoms with van der Waals surface area (Å²) in [4.78, 5) is 25.2. The molecule has 166 valence electrons. The fourth-order valence-corrected chi connectivity index (χ4v) is 3.51. The zero-order chi connectivity index (χ0) is 23.1. The fraction of sp³-hybridized carbons (Fsp3) is 0.231. The van der Waals surface area contributed by atoms with Gasteiger partial charge in [0.1, 0.15) is 17.7 Å². The zero-order valence-electron chi connectivity index (χ0n) is 17.9. The molecular weight excluding hydrogens is 412 g/mol. The molecular formula is C26H25F2NO3. The quantitative estimate of drug-likeness (QED) is 0.483. The van der Waals surface area contributed by atoms with Crippen molar-refractivity contribution in [2.24, 2.45) is 5.92 Å². The lowest BCUT2D eigenvalue weighted by Gasteiger charge is -2.30. The van der Waals surface area contributed by atoms with E-state index in [0.717, 1.165) is 5.56 Å². The van der Waals surface area contributed by atoms with Gasteiger partial charge < -0.3 is 10.1 Å². The molecule has 0 fully saturated rings. The molecule has 0 saturated carbocycles. The maximum absolute atomic E-state index is 13.2. The van der Waals surface area contributed by atoms with Gasteiger partial charge in [0, 0.05) is 23.9 Å². The summed E-state index contributed by atoms with van der Waals surface area (Å²) in [5, 5.41) is 2.82. The molecule has 0 aliphatic rings. The predicted molar refractivity (Wildman–Crippen MR) is 118 cm³/mol. The average Bonchev–Trinajstić information content (AvgIpc) is 2.81. The smallest absolute Gasteiger partial charge is 0.338 e. The van der Waals surface area contributed by atoms with Crippen molar-refractivity contribution in [2.45, 2.75) is 25.9 Å². The van der Waals surface area contributed by atoms with Gasteiger partial charge in [-0.2, -0.15) is 0 Å². The van der Waals surface area contributed by atoms with Gasteiger partial charge in [0.2, 0.25) is 0 Å². The Labute approximate surface area is 186 Å². The van der Waals surface area contributed by atoms with E-state index in [9.17, 15) is 18.4 Å². The monoisotopic (exact) mass is 437 g/mol. The second-order valence-corrected chi connectivity index (χ2v) is 7.77. The van der Waals surface area contributed by atoms with E-state index in [1.165, 1.54) is 48.5 Å². The van der Waals surface area contributed by atoms with E-state index in [0.29, 0.717) is 5.56 Å². The Morgan fingerprint density at radius 1 is 0.812 bits per heavy atom. The Kier molecular flexibility index (Phi) is 7.71. The maximum atomic E-state index is 13.2. The molecule has 3 aromatic rings. The third-order valence-electron chi connectivity index (χ3n) is 5.39. The molecule has 0 heterocycles. The van der Waals surface area contributed by atoms with Crippen molar-refractivity contribution in [3.63, 3.8) is 0 Å². The van der Waals surface area contributed by atoms with E-state index < -0.39 is 23.7 Å². The summed E-state index contributed by atoms with van der Waals surface area (Å²) in [6.07, 6.45) is -0.552. The Bertz CT molecular complexity index is 1040. The third kappa shape index (κ3) is 6.00. The molecule has 0 aromatic heterocycles. The van der Waals surface area contributed by atoms with Gasteiger partial charge in [-0.1, -0.05) is 44.2 Å². The van der Waals surface area contributed by atoms with E-state index in [2.05, 4.69) is 5.32 Å². The lowest BCUT2D eigenvalue weighted by molar-refractivity contribution is 0.00898. The van der Waals surface area contributed by atoms with Crippen molar-refractivity contribution in [2.75, 3.05) is 6.54 Å². The number of halogens is 2. The van der Waals surface area contributed by atoms with Crippen LogP contribution in [0.25, 0.3) is 0 Å². The lowest BCUT2D eigenvalue weighted by atomic mass is 9.87. The van der Waals surface area contributed by atoms with Gasteiger partial charge in [-0.25, -0.2) is 13.6 Å². The van der Waals surface area contributed by atoms with Gasteiger partial charge in [0.05, 0.1) is 5.56 Å². The predicted octanol–water partition coefficient (Wildman–Crippen LogP) is 5.36. The minimum atomic E-state index is -0.561. The van der Waals surface area contributed by atoms with E-state index in [1.807, 2.05) is 44.2 Å². The number of nitrogens with one attached hydrogen (secondary N) is 1. The van der Waals surface area contributed by atoms with Crippen LogP contribution < -0.4 is 5.32 Å². The highest BCUT2D eigenvalue weighted by Crippen LogP contribution is 2.27. The number of carbonyl (C=O) groups is 2. The number of hydrogen-bond donors (Lipinski definition) is 1. The molecule has 1 N–H and O–H groups in total. The number of hydrogen-bond acceptors (Lipinski definition) is 3. The van der Waals surface area contributed by atoms with Crippen molar-refractivity contribution in [3.05, 3.63) is 107 Å². The van der Waals surface area contributed by atoms with Crippen molar-refractivity contribution in [1.82, 2.24) is 5.32 Å². The van der Waals surface area contributed by atoms with E-state index >= 15 is 0 Å². The Morgan fingerprint density at radius 2 is 1.34 bits per heavy atom. The van der Waals surface area contributed by atoms with E-state index in [1.54, 1.807) is 0 Å². The second kappa shape index (κ2) is 10.7. The summed E-state index contributed by atoms with van der Waals surface area (Å²) in [5.41, 5.74) is 1.58. The highest BCUT2D eigenvalue weighted by molar-refractivity contribution is 5.94. The third-order valence-corrected chi connectivity index (χ3v) is 5.39. The highest BCUT2D eigenvalue weighted by atomic mass is 19.1. The summed E-state index contributed by atoms with van der Waals surface area (Å²) in [6, 6.07) is 20.1. The van der Waals surface area contributed by atoms with Crippen LogP contribution in [0.15, 0.2) is 78.9 Å². The van der Waals surface area contributed by atoms with Crippen LogP contribution in [-0.4, -0.2) is 24.5 Å². The Balaban J connectivity index is 1.74. The second-order valence-electron chi connectivity index (χ2n) is 7.77.